The molecule has 2 bridgehead atoms. The highest BCUT2D eigenvalue weighted by atomic mass is 16.5. The van der Waals surface area contributed by atoms with Gasteiger partial charge in [-0.3, -0.25) is 0 Å². The van der Waals surface area contributed by atoms with Gasteiger partial charge in [0.1, 0.15) is 11.2 Å². The van der Waals surface area contributed by atoms with Gasteiger partial charge in [0.15, 0.2) is 0 Å². The Bertz CT molecular complexity index is 915. The van der Waals surface area contributed by atoms with Crippen LogP contribution in [-0.4, -0.2) is 0 Å². The van der Waals surface area contributed by atoms with Crippen molar-refractivity contribution in [2.75, 3.05) is 0 Å². The summed E-state index contributed by atoms with van der Waals surface area (Å²) in [5, 5.41) is 0. The maximum absolute atomic E-state index is 7.39. The molecule has 3 aromatic rings. The molecule has 2 aliphatic heterocycles. The van der Waals surface area contributed by atoms with Crippen LogP contribution in [0.15, 0.2) is 84.9 Å². The van der Waals surface area contributed by atoms with E-state index >= 15 is 0 Å². The Hall–Kier alpha value is -2.38. The average Bonchev–Trinajstić information content (AvgIpc) is 3.10. The molecule has 28 heavy (non-hydrogen) atoms. The summed E-state index contributed by atoms with van der Waals surface area (Å²) in [7, 11) is 0. The minimum absolute atomic E-state index is 0.317. The van der Waals surface area contributed by atoms with Crippen LogP contribution in [0.5, 0.6) is 0 Å². The van der Waals surface area contributed by atoms with E-state index in [1.54, 1.807) is 0 Å². The third-order valence-electron chi connectivity index (χ3n) is 7.51. The quantitative estimate of drug-likeness (QED) is 0.509. The minimum atomic E-state index is -0.317. The molecule has 0 radical (unpaired) electrons. The molecule has 1 saturated heterocycles. The van der Waals surface area contributed by atoms with Gasteiger partial charge in [-0.25, -0.2) is 0 Å². The van der Waals surface area contributed by atoms with E-state index < -0.39 is 0 Å². The molecule has 0 N–H and O–H groups in total. The smallest absolute Gasteiger partial charge is 0.123 e. The van der Waals surface area contributed by atoms with E-state index in [1.807, 2.05) is 0 Å². The van der Waals surface area contributed by atoms with Crippen molar-refractivity contribution in [1.29, 1.82) is 0 Å². The van der Waals surface area contributed by atoms with Gasteiger partial charge in [0.05, 0.1) is 0 Å². The number of fused-ring (bicyclic) bond motifs is 8. The van der Waals surface area contributed by atoms with Crippen LogP contribution in [0.25, 0.3) is 0 Å². The van der Waals surface area contributed by atoms with Gasteiger partial charge >= 0.3 is 0 Å². The van der Waals surface area contributed by atoms with Crippen molar-refractivity contribution in [3.8, 4) is 0 Å². The molecule has 1 aliphatic carbocycles. The van der Waals surface area contributed by atoms with Gasteiger partial charge in [-0.1, -0.05) is 104 Å². The molecule has 2 heterocycles. The molecule has 1 heteroatoms. The molecule has 0 unspecified atom stereocenters. The highest BCUT2D eigenvalue weighted by Gasteiger charge is 2.70. The van der Waals surface area contributed by atoms with Gasteiger partial charge < -0.3 is 4.74 Å². The van der Waals surface area contributed by atoms with Gasteiger partial charge in [0.25, 0.3) is 0 Å². The zero-order chi connectivity index (χ0) is 18.6. The van der Waals surface area contributed by atoms with Gasteiger partial charge in [0, 0.05) is 11.8 Å². The summed E-state index contributed by atoms with van der Waals surface area (Å²) in [4.78, 5) is 0. The predicted octanol–water partition coefficient (Wildman–Crippen LogP) is 6.41. The maximum atomic E-state index is 7.39. The van der Waals surface area contributed by atoms with Crippen molar-refractivity contribution in [3.63, 3.8) is 0 Å². The van der Waals surface area contributed by atoms with E-state index in [9.17, 15) is 0 Å². The second kappa shape index (κ2) is 6.06. The lowest BCUT2D eigenvalue weighted by Gasteiger charge is -2.40. The molecular weight excluding hydrogens is 340 g/mol. The average molecular weight is 367 g/mol. The molecule has 0 amide bonds. The molecular formula is C27H26O. The molecule has 1 saturated carbocycles. The van der Waals surface area contributed by atoms with Crippen LogP contribution in [0.2, 0.25) is 0 Å². The molecule has 0 spiro atoms. The van der Waals surface area contributed by atoms with Crippen molar-refractivity contribution in [2.24, 2.45) is 11.8 Å². The van der Waals surface area contributed by atoms with Crippen LogP contribution in [0.1, 0.15) is 54.4 Å². The van der Waals surface area contributed by atoms with E-state index in [1.165, 1.54) is 54.4 Å². The van der Waals surface area contributed by atoms with E-state index in [0.717, 1.165) is 0 Å². The molecule has 0 aromatic heterocycles. The summed E-state index contributed by atoms with van der Waals surface area (Å²) in [6, 6.07) is 31.1. The summed E-state index contributed by atoms with van der Waals surface area (Å²) in [5.74, 6) is 1.07. The van der Waals surface area contributed by atoms with Gasteiger partial charge in [-0.15, -0.1) is 0 Å². The lowest BCUT2D eigenvalue weighted by atomic mass is 9.59. The molecule has 2 fully saturated rings. The van der Waals surface area contributed by atoms with Crippen molar-refractivity contribution in [1.82, 2.24) is 0 Å². The first-order valence-corrected chi connectivity index (χ1v) is 10.8. The molecule has 3 aromatic carbocycles. The Morgan fingerprint density at radius 3 is 1.43 bits per heavy atom. The fourth-order valence-corrected chi connectivity index (χ4v) is 6.55. The molecule has 1 nitrogen and oxygen atoms in total. The Balaban J connectivity index is 1.69. The Morgan fingerprint density at radius 1 is 0.536 bits per heavy atom. The van der Waals surface area contributed by atoms with Gasteiger partial charge in [-0.2, -0.15) is 0 Å². The van der Waals surface area contributed by atoms with Crippen LogP contribution >= 0.6 is 0 Å². The van der Waals surface area contributed by atoms with Crippen molar-refractivity contribution in [2.45, 2.75) is 43.3 Å². The van der Waals surface area contributed by atoms with Crippen LogP contribution < -0.4 is 0 Å². The van der Waals surface area contributed by atoms with Gasteiger partial charge in [0.2, 0.25) is 0 Å². The topological polar surface area (TPSA) is 9.23 Å². The SMILES string of the molecule is c1ccc([C@@]23O[C@@](c4ccccc4)(c4ccccc42)[C@H]2CCCCC[C@@H]23)cc1. The van der Waals surface area contributed by atoms with E-state index in [4.69, 9.17) is 4.74 Å². The standard InChI is InChI=1S/C27H26O/c1-4-12-20(13-5-1)26-22-16-8-3-9-17-23(22)27(28-26,21-14-6-2-7-15-21)25-19-11-10-18-24(25)26/h1-2,4-7,10-15,18-19,22-23H,3,8-9,16-17H2/t22-,23-,26-,27+/m0/s1. The number of hydrogen-bond donors (Lipinski definition) is 0. The Labute approximate surface area is 167 Å². The molecule has 140 valence electrons. The lowest BCUT2D eigenvalue weighted by molar-refractivity contribution is -0.0594. The number of benzene rings is 3. The lowest BCUT2D eigenvalue weighted by Crippen LogP contribution is -2.40. The van der Waals surface area contributed by atoms with Crippen LogP contribution in [0.3, 0.4) is 0 Å². The van der Waals surface area contributed by atoms with E-state index in [0.29, 0.717) is 11.8 Å². The van der Waals surface area contributed by atoms with Gasteiger partial charge in [-0.05, 0) is 35.1 Å². The third kappa shape index (κ3) is 1.96. The molecule has 6 rings (SSSR count). The van der Waals surface area contributed by atoms with Crippen LogP contribution in [0.4, 0.5) is 0 Å². The zero-order valence-corrected chi connectivity index (χ0v) is 16.2. The summed E-state index contributed by atoms with van der Waals surface area (Å²) in [6.45, 7) is 0. The fraction of sp³-hybridized carbons (Fsp3) is 0.333. The number of ether oxygens (including phenoxy) is 1. The summed E-state index contributed by atoms with van der Waals surface area (Å²) in [6.07, 6.45) is 6.47. The first-order chi connectivity index (χ1) is 13.9. The first-order valence-electron chi connectivity index (χ1n) is 10.8. The third-order valence-corrected chi connectivity index (χ3v) is 7.51. The zero-order valence-electron chi connectivity index (χ0n) is 16.2. The van der Waals surface area contributed by atoms with Crippen LogP contribution in [0, 0.1) is 11.8 Å². The largest absolute Gasteiger partial charge is 0.349 e. The van der Waals surface area contributed by atoms with E-state index in [-0.39, 0.29) is 11.2 Å². The monoisotopic (exact) mass is 366 g/mol. The maximum Gasteiger partial charge on any atom is 0.123 e. The highest BCUT2D eigenvalue weighted by molar-refractivity contribution is 5.57. The predicted molar refractivity (Wildman–Crippen MR) is 112 cm³/mol. The second-order valence-electron chi connectivity index (χ2n) is 8.70. The number of rotatable bonds is 2. The number of hydrogen-bond acceptors (Lipinski definition) is 1. The first kappa shape index (κ1) is 16.6. The van der Waals surface area contributed by atoms with Crippen molar-refractivity contribution < 1.29 is 4.74 Å². The van der Waals surface area contributed by atoms with Crippen molar-refractivity contribution in [3.05, 3.63) is 107 Å². The Morgan fingerprint density at radius 2 is 0.964 bits per heavy atom. The summed E-state index contributed by atoms with van der Waals surface area (Å²) >= 11 is 0. The second-order valence-corrected chi connectivity index (χ2v) is 8.70. The fourth-order valence-electron chi connectivity index (χ4n) is 6.55. The summed E-state index contributed by atoms with van der Waals surface area (Å²) in [5.41, 5.74) is 4.82. The van der Waals surface area contributed by atoms with E-state index in [2.05, 4.69) is 84.9 Å². The Kier molecular flexibility index (Phi) is 3.58. The van der Waals surface area contributed by atoms with Crippen molar-refractivity contribution >= 4 is 0 Å². The normalized spacial score (nSPS) is 33.1. The van der Waals surface area contributed by atoms with Crippen LogP contribution in [-0.2, 0) is 15.9 Å². The molecule has 3 aliphatic rings. The summed E-state index contributed by atoms with van der Waals surface area (Å²) < 4.78 is 7.39. The highest BCUT2D eigenvalue weighted by Crippen LogP contribution is 2.70. The molecule has 4 atom stereocenters. The minimum Gasteiger partial charge on any atom is -0.349 e.